The smallest absolute Gasteiger partial charge is 0.274 e. The molecule has 0 aromatic carbocycles. The third-order valence-electron chi connectivity index (χ3n) is 4.44. The molecule has 0 unspecified atom stereocenters. The Labute approximate surface area is 113 Å². The van der Waals surface area contributed by atoms with Crippen LogP contribution in [0.5, 0.6) is 0 Å². The van der Waals surface area contributed by atoms with Gasteiger partial charge in [0.15, 0.2) is 0 Å². The minimum absolute atomic E-state index is 0.0217. The number of likely N-dealkylation sites (N-methyl/N-ethyl adjacent to an activating group) is 1. The summed E-state index contributed by atoms with van der Waals surface area (Å²) in [6.45, 7) is 3.53. The summed E-state index contributed by atoms with van der Waals surface area (Å²) in [5.74, 6) is 0.0217. The molecule has 1 amide bonds. The minimum atomic E-state index is 0.0217. The highest BCUT2D eigenvalue weighted by atomic mass is 16.2. The molecular weight excluding hydrogens is 240 g/mol. The van der Waals surface area contributed by atoms with Crippen LogP contribution < -0.4 is 0 Å². The van der Waals surface area contributed by atoms with E-state index in [-0.39, 0.29) is 5.91 Å². The summed E-state index contributed by atoms with van der Waals surface area (Å²) in [7, 11) is 2.18. The molecule has 2 saturated heterocycles. The molecule has 2 bridgehead atoms. The van der Waals surface area contributed by atoms with E-state index in [4.69, 9.17) is 0 Å². The molecule has 2 atom stereocenters. The number of amides is 1. The van der Waals surface area contributed by atoms with Crippen molar-refractivity contribution >= 4 is 5.91 Å². The Morgan fingerprint density at radius 1 is 1.21 bits per heavy atom. The third kappa shape index (κ3) is 2.34. The van der Waals surface area contributed by atoms with E-state index in [2.05, 4.69) is 21.9 Å². The van der Waals surface area contributed by atoms with Gasteiger partial charge in [0, 0.05) is 31.4 Å². The van der Waals surface area contributed by atoms with Gasteiger partial charge in [-0.05, 0) is 33.2 Å². The zero-order chi connectivity index (χ0) is 13.4. The van der Waals surface area contributed by atoms with Crippen molar-refractivity contribution in [2.75, 3.05) is 20.1 Å². The van der Waals surface area contributed by atoms with Crippen LogP contribution in [0.4, 0.5) is 0 Å². The molecule has 5 heteroatoms. The quantitative estimate of drug-likeness (QED) is 0.758. The van der Waals surface area contributed by atoms with Crippen molar-refractivity contribution < 1.29 is 4.79 Å². The van der Waals surface area contributed by atoms with Gasteiger partial charge in [0.05, 0.1) is 11.9 Å². The van der Waals surface area contributed by atoms with Gasteiger partial charge < -0.3 is 4.90 Å². The van der Waals surface area contributed by atoms with Crippen LogP contribution >= 0.6 is 0 Å². The Kier molecular flexibility index (Phi) is 3.22. The van der Waals surface area contributed by atoms with E-state index < -0.39 is 0 Å². The Morgan fingerprint density at radius 3 is 2.74 bits per heavy atom. The highest BCUT2D eigenvalue weighted by molar-refractivity contribution is 5.92. The first-order chi connectivity index (χ1) is 9.15. The second-order valence-corrected chi connectivity index (χ2v) is 5.63. The van der Waals surface area contributed by atoms with Crippen LogP contribution in [-0.2, 0) is 0 Å². The summed E-state index contributed by atoms with van der Waals surface area (Å²) in [6.07, 6.45) is 6.78. The predicted molar refractivity (Wildman–Crippen MR) is 71.9 cm³/mol. The number of hydrogen-bond donors (Lipinski definition) is 0. The molecule has 1 aromatic heterocycles. The molecule has 2 fully saturated rings. The number of nitrogens with zero attached hydrogens (tertiary/aromatic N) is 4. The Balaban J connectivity index is 1.75. The molecule has 2 aliphatic heterocycles. The van der Waals surface area contributed by atoms with E-state index in [1.807, 2.05) is 11.8 Å². The Hall–Kier alpha value is -1.49. The zero-order valence-corrected chi connectivity index (χ0v) is 11.5. The summed E-state index contributed by atoms with van der Waals surface area (Å²) in [5.41, 5.74) is 1.30. The van der Waals surface area contributed by atoms with Gasteiger partial charge in [0.25, 0.3) is 5.91 Å². The first-order valence-electron chi connectivity index (χ1n) is 6.95. The molecule has 19 heavy (non-hydrogen) atoms. The van der Waals surface area contributed by atoms with Crippen molar-refractivity contribution in [1.82, 2.24) is 19.8 Å². The van der Waals surface area contributed by atoms with E-state index in [1.165, 1.54) is 12.8 Å². The maximum Gasteiger partial charge on any atom is 0.274 e. The Bertz CT molecular complexity index is 473. The molecule has 0 saturated carbocycles. The number of hydrogen-bond acceptors (Lipinski definition) is 4. The molecule has 102 valence electrons. The summed E-state index contributed by atoms with van der Waals surface area (Å²) < 4.78 is 0. The van der Waals surface area contributed by atoms with Crippen molar-refractivity contribution in [3.63, 3.8) is 0 Å². The largest absolute Gasteiger partial charge is 0.336 e. The first kappa shape index (κ1) is 12.5. The Morgan fingerprint density at radius 2 is 2.00 bits per heavy atom. The molecule has 0 radical (unpaired) electrons. The molecule has 3 heterocycles. The van der Waals surface area contributed by atoms with Gasteiger partial charge in [-0.15, -0.1) is 0 Å². The number of aromatic nitrogens is 2. The average molecular weight is 260 g/mol. The second-order valence-electron chi connectivity index (χ2n) is 5.63. The van der Waals surface area contributed by atoms with Crippen molar-refractivity contribution in [1.29, 1.82) is 0 Å². The van der Waals surface area contributed by atoms with Crippen LogP contribution in [-0.4, -0.2) is 57.9 Å². The molecule has 2 aliphatic rings. The second kappa shape index (κ2) is 4.89. The lowest BCUT2D eigenvalue weighted by Gasteiger charge is -2.25. The summed E-state index contributed by atoms with van der Waals surface area (Å²) in [5, 5.41) is 0. The maximum absolute atomic E-state index is 12.5. The summed E-state index contributed by atoms with van der Waals surface area (Å²) in [4.78, 5) is 25.2. The first-order valence-corrected chi connectivity index (χ1v) is 6.95. The molecule has 5 nitrogen and oxygen atoms in total. The number of carbonyl (C=O) groups is 1. The number of likely N-dealkylation sites (tertiary alicyclic amines) is 1. The SMILES string of the molecule is Cc1cnc(C(=O)N2CC[C@@H]3CC[C@H](C2)N3C)cn1. The lowest BCUT2D eigenvalue weighted by Crippen LogP contribution is -2.40. The fourth-order valence-corrected chi connectivity index (χ4v) is 3.16. The van der Waals surface area contributed by atoms with Crippen LogP contribution in [0.25, 0.3) is 0 Å². The van der Waals surface area contributed by atoms with Crippen LogP contribution in [0.15, 0.2) is 12.4 Å². The van der Waals surface area contributed by atoms with Gasteiger partial charge >= 0.3 is 0 Å². The monoisotopic (exact) mass is 260 g/mol. The molecule has 0 N–H and O–H groups in total. The van der Waals surface area contributed by atoms with Crippen molar-refractivity contribution in [2.45, 2.75) is 38.3 Å². The van der Waals surface area contributed by atoms with Crippen molar-refractivity contribution in [2.24, 2.45) is 0 Å². The van der Waals surface area contributed by atoms with Gasteiger partial charge in [-0.2, -0.15) is 0 Å². The van der Waals surface area contributed by atoms with E-state index in [0.717, 1.165) is 25.2 Å². The molecule has 0 spiro atoms. The molecular formula is C14H20N4O. The number of fused-ring (bicyclic) bond motifs is 2. The summed E-state index contributed by atoms with van der Waals surface area (Å²) >= 11 is 0. The van der Waals surface area contributed by atoms with Gasteiger partial charge in [-0.25, -0.2) is 4.98 Å². The lowest BCUT2D eigenvalue weighted by molar-refractivity contribution is 0.0734. The lowest BCUT2D eigenvalue weighted by atomic mass is 10.1. The third-order valence-corrected chi connectivity index (χ3v) is 4.44. The molecule has 3 rings (SSSR count). The van der Waals surface area contributed by atoms with Gasteiger partial charge in [-0.1, -0.05) is 0 Å². The molecule has 1 aromatic rings. The fourth-order valence-electron chi connectivity index (χ4n) is 3.16. The van der Waals surface area contributed by atoms with E-state index in [9.17, 15) is 4.79 Å². The van der Waals surface area contributed by atoms with Gasteiger partial charge in [0.2, 0.25) is 0 Å². The maximum atomic E-state index is 12.5. The van der Waals surface area contributed by atoms with E-state index in [1.54, 1.807) is 12.4 Å². The van der Waals surface area contributed by atoms with Crippen molar-refractivity contribution in [3.05, 3.63) is 23.8 Å². The average Bonchev–Trinajstić information content (AvgIpc) is 2.63. The predicted octanol–water partition coefficient (Wildman–Crippen LogP) is 1.09. The van der Waals surface area contributed by atoms with E-state index in [0.29, 0.717) is 17.8 Å². The fraction of sp³-hybridized carbons (Fsp3) is 0.643. The normalized spacial score (nSPS) is 27.4. The van der Waals surface area contributed by atoms with Gasteiger partial charge in [0.1, 0.15) is 5.69 Å². The highest BCUT2D eigenvalue weighted by Gasteiger charge is 2.36. The topological polar surface area (TPSA) is 49.3 Å². The number of carbonyl (C=O) groups excluding carboxylic acids is 1. The highest BCUT2D eigenvalue weighted by Crippen LogP contribution is 2.28. The zero-order valence-electron chi connectivity index (χ0n) is 11.5. The number of rotatable bonds is 1. The molecule has 0 aliphatic carbocycles. The van der Waals surface area contributed by atoms with Crippen LogP contribution in [0.2, 0.25) is 0 Å². The van der Waals surface area contributed by atoms with Crippen LogP contribution in [0.1, 0.15) is 35.4 Å². The minimum Gasteiger partial charge on any atom is -0.336 e. The standard InChI is InChI=1S/C14H20N4O/c1-10-7-16-13(8-15-10)14(19)18-6-5-11-3-4-12(9-18)17(11)2/h7-8,11-12H,3-6,9H2,1-2H3/t11-,12+/m0/s1. The van der Waals surface area contributed by atoms with E-state index >= 15 is 0 Å². The van der Waals surface area contributed by atoms with Gasteiger partial charge in [-0.3, -0.25) is 14.7 Å². The number of aryl methyl sites for hydroxylation is 1. The van der Waals surface area contributed by atoms with Crippen LogP contribution in [0.3, 0.4) is 0 Å². The van der Waals surface area contributed by atoms with Crippen molar-refractivity contribution in [3.8, 4) is 0 Å². The van der Waals surface area contributed by atoms with Crippen LogP contribution in [0, 0.1) is 6.92 Å². The summed E-state index contributed by atoms with van der Waals surface area (Å²) in [6, 6.07) is 1.15.